The highest BCUT2D eigenvalue weighted by Crippen LogP contribution is 2.13. The first-order chi connectivity index (χ1) is 5.47. The fourth-order valence-electron chi connectivity index (χ4n) is 1.03. The largest absolute Gasteiger partial charge is 0.412 e. The van der Waals surface area contributed by atoms with Gasteiger partial charge in [0.1, 0.15) is 0 Å². The number of hydrogen-bond donors (Lipinski definition) is 1. The highest BCUT2D eigenvalue weighted by atomic mass is 16.0. The van der Waals surface area contributed by atoms with Crippen molar-refractivity contribution in [2.45, 2.75) is 0 Å². The normalized spacial score (nSPS) is 9.00. The van der Waals surface area contributed by atoms with Crippen molar-refractivity contribution in [2.24, 2.45) is 0 Å². The van der Waals surface area contributed by atoms with Crippen molar-refractivity contribution >= 4 is 0 Å². The van der Waals surface area contributed by atoms with Gasteiger partial charge < -0.3 is 5.48 Å². The molecule has 1 heterocycles. The molecule has 62 valence electrons. The van der Waals surface area contributed by atoms with Gasteiger partial charge in [0.25, 0.3) is 0 Å². The van der Waals surface area contributed by atoms with E-state index in [1.165, 1.54) is 5.56 Å². The molecule has 0 aliphatic heterocycles. The third kappa shape index (κ3) is 1.52. The zero-order valence-corrected chi connectivity index (χ0v) is 6.49. The average Bonchev–Trinajstić information content (AvgIpc) is 2.58. The molecule has 0 atom stereocenters. The monoisotopic (exact) mass is 162 g/mol. The Bertz CT molecular complexity index is 316. The first-order valence-corrected chi connectivity index (χ1v) is 3.51. The summed E-state index contributed by atoms with van der Waals surface area (Å²) in [6.07, 6.45) is 1.75. The van der Waals surface area contributed by atoms with Crippen LogP contribution in [0.25, 0.3) is 11.3 Å². The lowest BCUT2D eigenvalue weighted by molar-refractivity contribution is 0.824. The molecule has 0 fully saturated rings. The van der Waals surface area contributed by atoms with Crippen molar-refractivity contribution in [3.05, 3.63) is 42.6 Å². The number of aromatic amines is 1. The Balaban J connectivity index is 0.000000720. The third-order valence-corrected chi connectivity index (χ3v) is 1.59. The average molecular weight is 162 g/mol. The zero-order chi connectivity index (χ0) is 7.52. The van der Waals surface area contributed by atoms with Gasteiger partial charge in [0, 0.05) is 6.20 Å². The van der Waals surface area contributed by atoms with Gasteiger partial charge in [-0.2, -0.15) is 5.10 Å². The Hall–Kier alpha value is -1.61. The van der Waals surface area contributed by atoms with Crippen LogP contribution in [0.5, 0.6) is 0 Å². The minimum atomic E-state index is 0. The molecule has 0 saturated heterocycles. The lowest BCUT2D eigenvalue weighted by Gasteiger charge is -1.93. The summed E-state index contributed by atoms with van der Waals surface area (Å²) in [5.41, 5.74) is 2.23. The summed E-state index contributed by atoms with van der Waals surface area (Å²) in [5.74, 6) is 0. The van der Waals surface area contributed by atoms with Gasteiger partial charge in [-0.15, -0.1) is 0 Å². The molecule has 2 aromatic rings. The van der Waals surface area contributed by atoms with Crippen molar-refractivity contribution in [1.82, 2.24) is 10.2 Å². The van der Waals surface area contributed by atoms with Crippen LogP contribution in [-0.4, -0.2) is 15.7 Å². The van der Waals surface area contributed by atoms with Crippen LogP contribution in [0.3, 0.4) is 0 Å². The van der Waals surface area contributed by atoms with Crippen LogP contribution in [0, 0.1) is 0 Å². The second-order valence-corrected chi connectivity index (χ2v) is 2.34. The van der Waals surface area contributed by atoms with Crippen LogP contribution in [0.2, 0.25) is 0 Å². The van der Waals surface area contributed by atoms with Crippen LogP contribution in [0.15, 0.2) is 42.6 Å². The van der Waals surface area contributed by atoms with Crippen LogP contribution in [-0.2, 0) is 0 Å². The maximum Gasteiger partial charge on any atom is 0.0650 e. The minimum Gasteiger partial charge on any atom is -0.412 e. The SMILES string of the molecule is O.c1ccc(-c2ccn[nH]2)cc1. The van der Waals surface area contributed by atoms with E-state index in [1.54, 1.807) is 6.20 Å². The first-order valence-electron chi connectivity index (χ1n) is 3.51. The van der Waals surface area contributed by atoms with E-state index in [2.05, 4.69) is 10.2 Å². The van der Waals surface area contributed by atoms with E-state index in [0.717, 1.165) is 5.69 Å². The van der Waals surface area contributed by atoms with E-state index in [-0.39, 0.29) is 5.48 Å². The lowest BCUT2D eigenvalue weighted by Crippen LogP contribution is -1.75. The van der Waals surface area contributed by atoms with Crippen LogP contribution in [0.4, 0.5) is 0 Å². The van der Waals surface area contributed by atoms with E-state index in [1.807, 2.05) is 36.4 Å². The van der Waals surface area contributed by atoms with Gasteiger partial charge in [0.2, 0.25) is 0 Å². The van der Waals surface area contributed by atoms with E-state index in [4.69, 9.17) is 0 Å². The number of aromatic nitrogens is 2. The molecule has 3 N–H and O–H groups in total. The Morgan fingerprint density at radius 3 is 2.33 bits per heavy atom. The van der Waals surface area contributed by atoms with Gasteiger partial charge >= 0.3 is 0 Å². The molecule has 0 unspecified atom stereocenters. The quantitative estimate of drug-likeness (QED) is 0.674. The Labute approximate surface area is 70.4 Å². The Morgan fingerprint density at radius 2 is 1.75 bits per heavy atom. The molecule has 1 aromatic heterocycles. The second kappa shape index (κ2) is 3.69. The molecule has 0 aliphatic carbocycles. The molecule has 0 spiro atoms. The summed E-state index contributed by atoms with van der Waals surface area (Å²) < 4.78 is 0. The van der Waals surface area contributed by atoms with Gasteiger partial charge in [-0.25, -0.2) is 0 Å². The molecule has 0 amide bonds. The van der Waals surface area contributed by atoms with Crippen LogP contribution < -0.4 is 0 Å². The zero-order valence-electron chi connectivity index (χ0n) is 6.49. The standard InChI is InChI=1S/C9H8N2.H2O/c1-2-4-8(5-3-1)9-6-7-10-11-9;/h1-7H,(H,10,11);1H2. The first kappa shape index (κ1) is 8.49. The smallest absolute Gasteiger partial charge is 0.0650 e. The molecule has 0 bridgehead atoms. The number of H-pyrrole nitrogens is 1. The second-order valence-electron chi connectivity index (χ2n) is 2.34. The molecule has 3 heteroatoms. The minimum absolute atomic E-state index is 0. The van der Waals surface area contributed by atoms with Gasteiger partial charge in [-0.05, 0) is 11.6 Å². The van der Waals surface area contributed by atoms with Crippen molar-refractivity contribution in [3.8, 4) is 11.3 Å². The molecule has 0 radical (unpaired) electrons. The van der Waals surface area contributed by atoms with Crippen LogP contribution >= 0.6 is 0 Å². The maximum atomic E-state index is 3.87. The number of nitrogens with one attached hydrogen (secondary N) is 1. The molecule has 0 aliphatic rings. The topological polar surface area (TPSA) is 60.2 Å². The maximum absolute atomic E-state index is 3.87. The Kier molecular flexibility index (Phi) is 2.61. The highest BCUT2D eigenvalue weighted by Gasteiger charge is 1.94. The van der Waals surface area contributed by atoms with Crippen molar-refractivity contribution < 1.29 is 5.48 Å². The van der Waals surface area contributed by atoms with E-state index >= 15 is 0 Å². The van der Waals surface area contributed by atoms with E-state index in [0.29, 0.717) is 0 Å². The lowest BCUT2D eigenvalue weighted by atomic mass is 10.2. The number of benzene rings is 1. The molecular weight excluding hydrogens is 152 g/mol. The molecule has 3 nitrogen and oxygen atoms in total. The fourth-order valence-corrected chi connectivity index (χ4v) is 1.03. The summed E-state index contributed by atoms with van der Waals surface area (Å²) in [5, 5.41) is 6.78. The summed E-state index contributed by atoms with van der Waals surface area (Å²) in [4.78, 5) is 0. The number of nitrogens with zero attached hydrogens (tertiary/aromatic N) is 1. The molecule has 2 rings (SSSR count). The summed E-state index contributed by atoms with van der Waals surface area (Å²) in [6, 6.07) is 12.1. The Morgan fingerprint density at radius 1 is 1.00 bits per heavy atom. The molecule has 1 aromatic carbocycles. The van der Waals surface area contributed by atoms with E-state index in [9.17, 15) is 0 Å². The molecular formula is C9H10N2O. The predicted molar refractivity (Wildman–Crippen MR) is 47.6 cm³/mol. The fraction of sp³-hybridized carbons (Fsp3) is 0. The highest BCUT2D eigenvalue weighted by molar-refractivity contribution is 5.57. The summed E-state index contributed by atoms with van der Waals surface area (Å²) >= 11 is 0. The van der Waals surface area contributed by atoms with Gasteiger partial charge in [-0.3, -0.25) is 5.10 Å². The van der Waals surface area contributed by atoms with E-state index < -0.39 is 0 Å². The van der Waals surface area contributed by atoms with Crippen molar-refractivity contribution in [2.75, 3.05) is 0 Å². The van der Waals surface area contributed by atoms with Gasteiger partial charge in [-0.1, -0.05) is 30.3 Å². The van der Waals surface area contributed by atoms with Crippen molar-refractivity contribution in [3.63, 3.8) is 0 Å². The van der Waals surface area contributed by atoms with Crippen LogP contribution in [0.1, 0.15) is 0 Å². The summed E-state index contributed by atoms with van der Waals surface area (Å²) in [7, 11) is 0. The number of rotatable bonds is 1. The van der Waals surface area contributed by atoms with Gasteiger partial charge in [0.15, 0.2) is 0 Å². The van der Waals surface area contributed by atoms with Crippen molar-refractivity contribution in [1.29, 1.82) is 0 Å². The number of hydrogen-bond acceptors (Lipinski definition) is 1. The van der Waals surface area contributed by atoms with Gasteiger partial charge in [0.05, 0.1) is 5.69 Å². The summed E-state index contributed by atoms with van der Waals surface area (Å²) in [6.45, 7) is 0. The molecule has 12 heavy (non-hydrogen) atoms. The third-order valence-electron chi connectivity index (χ3n) is 1.59. The predicted octanol–water partition coefficient (Wildman–Crippen LogP) is 1.25. The molecule has 0 saturated carbocycles.